The number of aromatic hydroxyl groups is 1. The number of phenols is 1. The van der Waals surface area contributed by atoms with Gasteiger partial charge in [-0.05, 0) is 96.9 Å². The first-order chi connectivity index (χ1) is 32.0. The molecule has 0 bridgehead atoms. The van der Waals surface area contributed by atoms with Crippen molar-refractivity contribution in [2.24, 2.45) is 5.92 Å². The Morgan fingerprint density at radius 1 is 0.803 bits per heavy atom. The van der Waals surface area contributed by atoms with Crippen LogP contribution >= 0.6 is 0 Å². The summed E-state index contributed by atoms with van der Waals surface area (Å²) in [7, 11) is 0. The first-order valence-corrected chi connectivity index (χ1v) is 22.4. The van der Waals surface area contributed by atoms with Crippen LogP contribution in [0.15, 0.2) is 138 Å². The van der Waals surface area contributed by atoms with E-state index in [1.165, 1.54) is 17.7 Å². The van der Waals surface area contributed by atoms with Gasteiger partial charge in [-0.25, -0.2) is 4.79 Å². The number of likely N-dealkylation sites (tertiary alicyclic amines) is 2. The number of carbonyl (C=O) groups excluding carboxylic acids is 3. The third-order valence-electron chi connectivity index (χ3n) is 12.5. The van der Waals surface area contributed by atoms with E-state index >= 15 is 0 Å². The van der Waals surface area contributed by atoms with Crippen LogP contribution < -0.4 is 20.9 Å². The molecule has 0 spiro atoms. The summed E-state index contributed by atoms with van der Waals surface area (Å²) >= 11 is 0. The van der Waals surface area contributed by atoms with Crippen LogP contribution in [0.1, 0.15) is 63.5 Å². The monoisotopic (exact) mass is 893 g/mol. The molecule has 14 nitrogen and oxygen atoms in total. The molecule has 66 heavy (non-hydrogen) atoms. The molecular weight excluding hydrogens is 839 g/mol. The second-order valence-corrected chi connectivity index (χ2v) is 17.1. The van der Waals surface area contributed by atoms with E-state index in [0.717, 1.165) is 38.0 Å². The lowest BCUT2D eigenvalue weighted by molar-refractivity contribution is -0.164. The van der Waals surface area contributed by atoms with Crippen molar-refractivity contribution in [1.29, 1.82) is 0 Å². The number of ether oxygens (including phenoxy) is 2. The Hall–Kier alpha value is -6.84. The predicted octanol–water partition coefficient (Wildman–Crippen LogP) is 5.16. The molecule has 0 aliphatic carbocycles. The van der Waals surface area contributed by atoms with Gasteiger partial charge in [-0.2, -0.15) is 0 Å². The number of piperidine rings is 1. The molecule has 3 atom stereocenters. The van der Waals surface area contributed by atoms with Gasteiger partial charge in [-0.1, -0.05) is 91.0 Å². The number of phenolic OH excluding ortho intramolecular Hbond substituents is 1. The maximum atomic E-state index is 13.9. The summed E-state index contributed by atoms with van der Waals surface area (Å²) in [6.45, 7) is 3.99. The first kappa shape index (κ1) is 45.7. The van der Waals surface area contributed by atoms with E-state index in [4.69, 9.17) is 9.47 Å². The zero-order valence-corrected chi connectivity index (χ0v) is 36.6. The molecule has 0 saturated carbocycles. The Morgan fingerprint density at radius 3 is 2.29 bits per heavy atom. The molecule has 6 aromatic rings. The van der Waals surface area contributed by atoms with Gasteiger partial charge in [0, 0.05) is 61.3 Å². The average Bonchev–Trinajstić information content (AvgIpc) is 3.82. The number of aliphatic hydroxyl groups is 2. The molecule has 2 aliphatic rings. The number of amides is 2. The number of pyridine rings is 1. The van der Waals surface area contributed by atoms with Crippen molar-refractivity contribution >= 4 is 28.7 Å². The second-order valence-electron chi connectivity index (χ2n) is 17.1. The Labute approximate surface area is 382 Å². The van der Waals surface area contributed by atoms with Gasteiger partial charge in [-0.3, -0.25) is 19.3 Å². The molecule has 342 valence electrons. The predicted molar refractivity (Wildman–Crippen MR) is 249 cm³/mol. The van der Waals surface area contributed by atoms with Crippen LogP contribution in [0.4, 0.5) is 0 Å². The fraction of sp³-hybridized carbons (Fsp3) is 0.308. The zero-order chi connectivity index (χ0) is 46.0. The minimum atomic E-state index is -2.12. The quantitative estimate of drug-likeness (QED) is 0.0663. The highest BCUT2D eigenvalue weighted by Gasteiger charge is 2.42. The summed E-state index contributed by atoms with van der Waals surface area (Å²) in [5.74, 6) is -0.917. The number of fused-ring (bicyclic) bond motifs is 1. The van der Waals surface area contributed by atoms with E-state index < -0.39 is 17.7 Å². The van der Waals surface area contributed by atoms with Crippen LogP contribution in [0.25, 0.3) is 10.9 Å². The first-order valence-electron chi connectivity index (χ1n) is 22.4. The SMILES string of the molecule is O=C(COc1cccc(C(O)(C(=O)OCC2CCN(Cc3ccccc3)CC2)c2ccccc2)c1)N[C@H]1CCN(C(=O)c2ccc(CNC[C@H](O)c3ccc(O)c4[nH]c(=O)ccc34)cc2)C1. The number of nitrogens with one attached hydrogen (secondary N) is 3. The fourth-order valence-corrected chi connectivity index (χ4v) is 8.78. The third kappa shape index (κ3) is 11.0. The van der Waals surface area contributed by atoms with Crippen molar-refractivity contribution in [3.05, 3.63) is 177 Å². The largest absolute Gasteiger partial charge is 0.506 e. The smallest absolute Gasteiger partial charge is 0.347 e. The van der Waals surface area contributed by atoms with Crippen molar-refractivity contribution in [3.63, 3.8) is 0 Å². The molecule has 3 heterocycles. The van der Waals surface area contributed by atoms with Crippen LogP contribution in [-0.4, -0.2) is 99.9 Å². The number of benzene rings is 5. The summed E-state index contributed by atoms with van der Waals surface area (Å²) in [4.78, 5) is 58.8. The van der Waals surface area contributed by atoms with Crippen LogP contribution in [0.5, 0.6) is 11.5 Å². The molecule has 14 heteroatoms. The van der Waals surface area contributed by atoms with E-state index in [0.29, 0.717) is 53.9 Å². The third-order valence-corrected chi connectivity index (χ3v) is 12.5. The Bertz CT molecular complexity index is 2670. The van der Waals surface area contributed by atoms with Crippen molar-refractivity contribution in [1.82, 2.24) is 25.4 Å². The molecule has 1 unspecified atom stereocenters. The number of H-pyrrole nitrogens is 1. The number of aromatic amines is 1. The highest BCUT2D eigenvalue weighted by molar-refractivity contribution is 5.94. The summed E-state index contributed by atoms with van der Waals surface area (Å²) in [5.41, 5.74) is 1.66. The average molecular weight is 894 g/mol. The van der Waals surface area contributed by atoms with Gasteiger partial charge in [0.05, 0.1) is 18.2 Å². The normalized spacial score (nSPS) is 16.9. The maximum absolute atomic E-state index is 13.9. The van der Waals surface area contributed by atoms with E-state index in [-0.39, 0.29) is 65.9 Å². The van der Waals surface area contributed by atoms with Crippen molar-refractivity contribution in [3.8, 4) is 11.5 Å². The van der Waals surface area contributed by atoms with E-state index in [1.54, 1.807) is 83.8 Å². The maximum Gasteiger partial charge on any atom is 0.347 e. The fourth-order valence-electron chi connectivity index (χ4n) is 8.78. The zero-order valence-electron chi connectivity index (χ0n) is 36.6. The molecule has 6 N–H and O–H groups in total. The number of nitrogens with zero attached hydrogens (tertiary/aromatic N) is 2. The summed E-state index contributed by atoms with van der Waals surface area (Å²) < 4.78 is 11.7. The Morgan fingerprint density at radius 2 is 1.53 bits per heavy atom. The highest BCUT2D eigenvalue weighted by Crippen LogP contribution is 2.34. The molecule has 8 rings (SSSR count). The van der Waals surface area contributed by atoms with Crippen LogP contribution in [0, 0.1) is 5.92 Å². The molecule has 0 radical (unpaired) electrons. The van der Waals surface area contributed by atoms with Gasteiger partial charge < -0.3 is 45.3 Å². The van der Waals surface area contributed by atoms with Gasteiger partial charge in [0.1, 0.15) is 11.5 Å². The molecule has 5 aromatic carbocycles. The number of hydrogen-bond acceptors (Lipinski definition) is 11. The topological polar surface area (TPSA) is 194 Å². The summed E-state index contributed by atoms with van der Waals surface area (Å²) in [6.07, 6.45) is 1.42. The number of hydrogen-bond donors (Lipinski definition) is 6. The Kier molecular flexibility index (Phi) is 14.5. The molecule has 2 saturated heterocycles. The molecular formula is C52H55N5O9. The van der Waals surface area contributed by atoms with Crippen LogP contribution in [-0.2, 0) is 33.0 Å². The number of aliphatic hydroxyl groups excluding tert-OH is 1. The number of rotatable bonds is 17. The lowest BCUT2D eigenvalue weighted by atomic mass is 9.86. The van der Waals surface area contributed by atoms with Crippen molar-refractivity contribution in [2.75, 3.05) is 45.9 Å². The minimum absolute atomic E-state index is 0.0752. The lowest BCUT2D eigenvalue weighted by Crippen LogP contribution is -2.41. The molecule has 2 aliphatic heterocycles. The van der Waals surface area contributed by atoms with E-state index in [2.05, 4.69) is 32.7 Å². The summed E-state index contributed by atoms with van der Waals surface area (Å²) in [6, 6.07) is 38.4. The van der Waals surface area contributed by atoms with E-state index in [1.807, 2.05) is 30.3 Å². The van der Waals surface area contributed by atoms with Gasteiger partial charge >= 0.3 is 5.97 Å². The second kappa shape index (κ2) is 21.0. The van der Waals surface area contributed by atoms with Gasteiger partial charge in [0.25, 0.3) is 11.8 Å². The molecule has 2 fully saturated rings. The van der Waals surface area contributed by atoms with Crippen molar-refractivity contribution < 1.29 is 39.2 Å². The van der Waals surface area contributed by atoms with Crippen LogP contribution in [0.3, 0.4) is 0 Å². The van der Waals surface area contributed by atoms with Gasteiger partial charge in [0.2, 0.25) is 11.2 Å². The molecule has 1 aromatic heterocycles. The van der Waals surface area contributed by atoms with Crippen LogP contribution in [0.2, 0.25) is 0 Å². The standard InChI is InChI=1S/C52H55N5O9/c58-45-20-18-43(44-19-21-47(60)55-49(44)45)46(59)30-53-29-35-14-16-38(17-15-35)50(62)57-27-24-41(32-57)54-48(61)34-65-42-13-7-12-40(28-42)52(64,39-10-5-2-6-11-39)51(63)66-33-37-22-25-56(26-23-37)31-36-8-3-1-4-9-36/h1-21,28,37,41,46,53,58-59,64H,22-27,29-34H2,(H,54,61)(H,55,60)/t41-,46-,52?/m0/s1. The minimum Gasteiger partial charge on any atom is -0.506 e. The number of carbonyl (C=O) groups is 3. The number of aromatic nitrogens is 1. The number of esters is 1. The molecule has 2 amide bonds. The van der Waals surface area contributed by atoms with Crippen molar-refractivity contribution in [2.45, 2.75) is 50.1 Å². The van der Waals surface area contributed by atoms with Gasteiger partial charge in [-0.15, -0.1) is 0 Å². The van der Waals surface area contributed by atoms with E-state index in [9.17, 15) is 34.5 Å². The lowest BCUT2D eigenvalue weighted by Gasteiger charge is -2.33. The highest BCUT2D eigenvalue weighted by atomic mass is 16.5. The van der Waals surface area contributed by atoms with Gasteiger partial charge in [0.15, 0.2) is 6.61 Å². The summed E-state index contributed by atoms with van der Waals surface area (Å²) in [5, 5.41) is 39.9. The Balaban J connectivity index is 0.793.